The van der Waals surface area contributed by atoms with Crippen molar-refractivity contribution >= 4 is 66.1 Å². The molecule has 1 fully saturated rings. The number of carbonyl (C=O) groups excluding carboxylic acids is 2. The number of halogens is 1. The molecule has 1 heterocycles. The molecule has 1 amide bonds. The summed E-state index contributed by atoms with van der Waals surface area (Å²) < 4.78 is 53.8. The van der Waals surface area contributed by atoms with Crippen molar-refractivity contribution in [1.82, 2.24) is 4.72 Å². The van der Waals surface area contributed by atoms with Gasteiger partial charge in [0.05, 0.1) is 10.7 Å². The molecule has 2 aliphatic rings. The maximum Gasteiger partial charge on any atom is 0.313 e. The molecule has 6 N–H and O–H groups in total. The highest BCUT2D eigenvalue weighted by molar-refractivity contribution is 8.13. The topological polar surface area (TPSA) is 207 Å². The minimum atomic E-state index is -4.63. The molecule has 0 radical (unpaired) electrons. The van der Waals surface area contributed by atoms with Gasteiger partial charge >= 0.3 is 5.97 Å². The maximum atomic E-state index is 14.2. The lowest BCUT2D eigenvalue weighted by atomic mass is 9.72. The number of nitrogens with two attached hydrogens (primary N) is 2. The number of carbonyl (C=O) groups is 3. The number of aliphatic carboxylic acids is 1. The molecule has 0 bridgehead atoms. The molecular weight excluding hydrogens is 592 g/mol. The van der Waals surface area contributed by atoms with Crippen LogP contribution in [0.1, 0.15) is 53.4 Å². The Bertz CT molecular complexity index is 1420. The molecule has 1 aliphatic heterocycles. The van der Waals surface area contributed by atoms with E-state index in [1.807, 2.05) is 0 Å². The minimum Gasteiger partial charge on any atom is -0.481 e. The molecule has 1 aromatic rings. The predicted molar refractivity (Wildman–Crippen MR) is 147 cm³/mol. The van der Waals surface area contributed by atoms with Crippen molar-refractivity contribution in [3.8, 4) is 0 Å². The highest BCUT2D eigenvalue weighted by atomic mass is 35.5. The summed E-state index contributed by atoms with van der Waals surface area (Å²) >= 11 is 7.15. The Hall–Kier alpha value is -1.75. The van der Waals surface area contributed by atoms with Gasteiger partial charge in [-0.2, -0.15) is 4.72 Å². The van der Waals surface area contributed by atoms with Crippen molar-refractivity contribution in [2.75, 3.05) is 17.2 Å². The van der Waals surface area contributed by atoms with E-state index >= 15 is 0 Å². The third-order valence-corrected chi connectivity index (χ3v) is 11.6. The first-order chi connectivity index (χ1) is 17.7. The van der Waals surface area contributed by atoms with Crippen LogP contribution in [-0.4, -0.2) is 56.9 Å². The maximum absolute atomic E-state index is 14.2. The van der Waals surface area contributed by atoms with Crippen LogP contribution < -0.4 is 20.5 Å². The average molecular weight is 625 g/mol. The molecular formula is C23H33ClN4O8S3. The van der Waals surface area contributed by atoms with E-state index in [2.05, 4.69) is 4.72 Å². The molecule has 2 atom stereocenters. The number of amides is 1. The van der Waals surface area contributed by atoms with Crippen LogP contribution >= 0.6 is 23.4 Å². The van der Waals surface area contributed by atoms with Crippen LogP contribution in [0.3, 0.4) is 0 Å². The van der Waals surface area contributed by atoms with Crippen molar-refractivity contribution in [2.24, 2.45) is 27.6 Å². The minimum absolute atomic E-state index is 0.0111. The normalized spacial score (nSPS) is 23.2. The monoisotopic (exact) mass is 624 g/mol. The number of hydrogen-bond donors (Lipinski definition) is 4. The number of fused-ring (bicyclic) bond motifs is 1. The summed E-state index contributed by atoms with van der Waals surface area (Å²) in [6, 6.07) is 1.71. The number of benzene rings is 1. The number of nitrogens with one attached hydrogen (secondary N) is 1. The average Bonchev–Trinajstić information content (AvgIpc) is 3.31. The molecule has 3 rings (SSSR count). The van der Waals surface area contributed by atoms with E-state index in [0.717, 1.165) is 28.8 Å². The molecule has 218 valence electrons. The van der Waals surface area contributed by atoms with E-state index in [-0.39, 0.29) is 29.4 Å². The lowest BCUT2D eigenvalue weighted by Crippen LogP contribution is -2.78. The van der Waals surface area contributed by atoms with E-state index in [9.17, 15) is 36.3 Å². The number of thioether (sulfide) groups is 1. The fourth-order valence-electron chi connectivity index (χ4n) is 5.10. The second kappa shape index (κ2) is 10.6. The lowest BCUT2D eigenvalue weighted by Gasteiger charge is -2.55. The Morgan fingerprint density at radius 1 is 1.23 bits per heavy atom. The fraction of sp³-hybridized carbons (Fsp3) is 0.609. The number of carboxylic acids is 1. The van der Waals surface area contributed by atoms with E-state index in [4.69, 9.17) is 22.5 Å². The van der Waals surface area contributed by atoms with Crippen LogP contribution in [0, 0.1) is 16.7 Å². The zero-order chi connectivity index (χ0) is 29.8. The van der Waals surface area contributed by atoms with E-state index < -0.39 is 75.7 Å². The SMILES string of the molecule is CC(CSC(=O)C(C)(C)C)C(=O)N1c2cc(Cl)c(S(N)(=O)=O)cc2S(=O)(=O)NC1(CN)C1(C(=O)O)CCCC1. The number of primary sulfonamides is 1. The van der Waals surface area contributed by atoms with Gasteiger partial charge in [-0.1, -0.05) is 63.9 Å². The predicted octanol–water partition coefficient (Wildman–Crippen LogP) is 1.85. The second-order valence-electron chi connectivity index (χ2n) is 11.0. The van der Waals surface area contributed by atoms with E-state index in [0.29, 0.717) is 12.8 Å². The number of anilines is 1. The van der Waals surface area contributed by atoms with Crippen molar-refractivity contribution < 1.29 is 36.3 Å². The van der Waals surface area contributed by atoms with Gasteiger partial charge in [0, 0.05) is 23.6 Å². The number of hydrogen-bond acceptors (Lipinski definition) is 9. The highest BCUT2D eigenvalue weighted by Crippen LogP contribution is 2.53. The molecule has 0 spiro atoms. The number of carboxylic acid groups (broad SMARTS) is 1. The standard InChI is InChI=1S/C23H33ClN4O8S3/c1-13(11-37-20(32)21(2,3)4)18(29)28-15-9-14(24)16(38(26,33)34)10-17(15)39(35,36)27-23(28,12-25)22(19(30)31)7-5-6-8-22/h9-10,13,27H,5-8,11-12,25H2,1-4H3,(H,30,31)(H2,26,33,34). The summed E-state index contributed by atoms with van der Waals surface area (Å²) in [5.41, 5.74) is 1.20. The van der Waals surface area contributed by atoms with Crippen molar-refractivity contribution in [3.63, 3.8) is 0 Å². The molecule has 12 nitrogen and oxygen atoms in total. The molecule has 39 heavy (non-hydrogen) atoms. The van der Waals surface area contributed by atoms with Crippen LogP contribution in [0.5, 0.6) is 0 Å². The van der Waals surface area contributed by atoms with Gasteiger partial charge in [0.1, 0.15) is 20.9 Å². The zero-order valence-electron chi connectivity index (χ0n) is 22.0. The fourth-order valence-corrected chi connectivity index (χ4v) is 8.87. The first-order valence-corrected chi connectivity index (χ1v) is 16.5. The number of rotatable bonds is 7. The summed E-state index contributed by atoms with van der Waals surface area (Å²) in [4.78, 5) is 39.2. The van der Waals surface area contributed by atoms with Gasteiger partial charge < -0.3 is 10.8 Å². The van der Waals surface area contributed by atoms with Crippen LogP contribution in [0.4, 0.5) is 5.69 Å². The van der Waals surface area contributed by atoms with Gasteiger partial charge in [0.15, 0.2) is 5.12 Å². The Kier molecular flexibility index (Phi) is 8.62. The van der Waals surface area contributed by atoms with Gasteiger partial charge in [-0.15, -0.1) is 0 Å². The smallest absolute Gasteiger partial charge is 0.313 e. The second-order valence-corrected chi connectivity index (χ2v) is 15.6. The zero-order valence-corrected chi connectivity index (χ0v) is 25.2. The van der Waals surface area contributed by atoms with E-state index in [1.165, 1.54) is 6.92 Å². The summed E-state index contributed by atoms with van der Waals surface area (Å²) in [5, 5.41) is 15.0. The molecule has 0 saturated heterocycles. The first-order valence-electron chi connectivity index (χ1n) is 12.1. The molecule has 1 aliphatic carbocycles. The van der Waals surface area contributed by atoms with Crippen LogP contribution in [0.2, 0.25) is 5.02 Å². The van der Waals surface area contributed by atoms with Crippen LogP contribution in [0.15, 0.2) is 21.9 Å². The summed E-state index contributed by atoms with van der Waals surface area (Å²) in [6.07, 6.45) is 0.939. The number of sulfonamides is 2. The lowest BCUT2D eigenvalue weighted by molar-refractivity contribution is -0.154. The Labute approximate surface area is 237 Å². The molecule has 1 saturated carbocycles. The van der Waals surface area contributed by atoms with Crippen molar-refractivity contribution in [3.05, 3.63) is 17.2 Å². The van der Waals surface area contributed by atoms with Gasteiger partial charge in [0.25, 0.3) is 0 Å². The van der Waals surface area contributed by atoms with Crippen LogP contribution in [-0.2, 0) is 34.4 Å². The third kappa shape index (κ3) is 5.46. The van der Waals surface area contributed by atoms with Gasteiger partial charge in [-0.3, -0.25) is 19.3 Å². The number of nitrogens with zero attached hydrogens (tertiary/aromatic N) is 1. The molecule has 0 aromatic heterocycles. The van der Waals surface area contributed by atoms with Gasteiger partial charge in [-0.05, 0) is 25.0 Å². The highest BCUT2D eigenvalue weighted by Gasteiger charge is 2.65. The van der Waals surface area contributed by atoms with Gasteiger partial charge in [0.2, 0.25) is 26.0 Å². The molecule has 2 unspecified atom stereocenters. The molecule has 1 aromatic carbocycles. The third-order valence-electron chi connectivity index (χ3n) is 7.21. The van der Waals surface area contributed by atoms with Crippen molar-refractivity contribution in [2.45, 2.75) is 68.8 Å². The largest absolute Gasteiger partial charge is 0.481 e. The Morgan fingerprint density at radius 2 is 1.79 bits per heavy atom. The summed E-state index contributed by atoms with van der Waals surface area (Å²) in [7, 11) is -9.10. The quantitative estimate of drug-likeness (QED) is 0.346. The van der Waals surface area contributed by atoms with Crippen LogP contribution in [0.25, 0.3) is 0 Å². The van der Waals surface area contributed by atoms with Gasteiger partial charge in [-0.25, -0.2) is 22.0 Å². The van der Waals surface area contributed by atoms with E-state index in [1.54, 1.807) is 20.8 Å². The Morgan fingerprint density at radius 3 is 2.26 bits per heavy atom. The summed E-state index contributed by atoms with van der Waals surface area (Å²) in [5.74, 6) is -2.96. The summed E-state index contributed by atoms with van der Waals surface area (Å²) in [6.45, 7) is 6.10. The first kappa shape index (κ1) is 31.8. The van der Waals surface area contributed by atoms with Crippen molar-refractivity contribution in [1.29, 1.82) is 0 Å². The Balaban J connectivity index is 2.31. The molecule has 16 heteroatoms.